The SMILES string of the molecule is CCN1CC[C@H]2[C@H](c3ccc(C(=O)O)cc3)c3cc(C)c(I)cc3[C@H]2C1. The van der Waals surface area contributed by atoms with Crippen LogP contribution in [0.4, 0.5) is 0 Å². The van der Waals surface area contributed by atoms with Gasteiger partial charge in [0.05, 0.1) is 5.56 Å². The second-order valence-corrected chi connectivity index (χ2v) is 8.75. The van der Waals surface area contributed by atoms with Crippen LogP contribution in [0.2, 0.25) is 0 Å². The molecule has 3 atom stereocenters. The van der Waals surface area contributed by atoms with Crippen molar-refractivity contribution in [2.75, 3.05) is 19.6 Å². The fourth-order valence-electron chi connectivity index (χ4n) is 4.85. The Bertz CT molecular complexity index is 846. The molecular formula is C22H24INO2. The summed E-state index contributed by atoms with van der Waals surface area (Å²) in [5, 5.41) is 9.20. The number of piperidine rings is 1. The van der Waals surface area contributed by atoms with Gasteiger partial charge in [0.25, 0.3) is 0 Å². The Kier molecular flexibility index (Phi) is 4.82. The van der Waals surface area contributed by atoms with E-state index in [1.807, 2.05) is 12.1 Å². The Hall–Kier alpha value is -1.40. The van der Waals surface area contributed by atoms with Gasteiger partial charge in [0.15, 0.2) is 0 Å². The summed E-state index contributed by atoms with van der Waals surface area (Å²) in [4.78, 5) is 13.8. The number of benzene rings is 2. The third-order valence-electron chi connectivity index (χ3n) is 6.24. The van der Waals surface area contributed by atoms with Crippen LogP contribution in [0, 0.1) is 16.4 Å². The van der Waals surface area contributed by atoms with E-state index in [1.54, 1.807) is 12.1 Å². The summed E-state index contributed by atoms with van der Waals surface area (Å²) >= 11 is 2.45. The Morgan fingerprint density at radius 1 is 1.23 bits per heavy atom. The van der Waals surface area contributed by atoms with Crippen LogP contribution in [0.5, 0.6) is 0 Å². The van der Waals surface area contributed by atoms with E-state index in [1.165, 1.54) is 32.2 Å². The smallest absolute Gasteiger partial charge is 0.335 e. The van der Waals surface area contributed by atoms with Gasteiger partial charge in [0, 0.05) is 22.0 Å². The average molecular weight is 461 g/mol. The lowest BCUT2D eigenvalue weighted by molar-refractivity contribution is 0.0697. The van der Waals surface area contributed by atoms with Crippen molar-refractivity contribution in [1.82, 2.24) is 4.90 Å². The maximum absolute atomic E-state index is 11.2. The largest absolute Gasteiger partial charge is 0.478 e. The van der Waals surface area contributed by atoms with Crippen molar-refractivity contribution in [2.45, 2.75) is 32.1 Å². The van der Waals surface area contributed by atoms with Crippen LogP contribution in [0.15, 0.2) is 36.4 Å². The van der Waals surface area contributed by atoms with Crippen LogP contribution in [0.3, 0.4) is 0 Å². The molecule has 2 aliphatic rings. The third-order valence-corrected chi connectivity index (χ3v) is 7.40. The highest BCUT2D eigenvalue weighted by Gasteiger charge is 2.44. The molecule has 1 N–H and O–H groups in total. The normalized spacial score (nSPS) is 25.0. The van der Waals surface area contributed by atoms with Crippen LogP contribution < -0.4 is 0 Å². The molecule has 2 aromatic rings. The van der Waals surface area contributed by atoms with Crippen molar-refractivity contribution < 1.29 is 9.90 Å². The lowest BCUT2D eigenvalue weighted by atomic mass is 9.78. The first kappa shape index (κ1) is 18.0. The molecular weight excluding hydrogens is 437 g/mol. The standard InChI is InChI=1S/C22H24INO2/c1-3-24-9-8-16-19(12-24)17-11-20(23)13(2)10-18(17)21(16)14-4-6-15(7-5-14)22(25)26/h4-7,10-11,16,19,21H,3,8-9,12H2,1-2H3,(H,25,26)/t16-,19+,21+/m1/s1. The van der Waals surface area contributed by atoms with E-state index < -0.39 is 5.97 Å². The first-order valence-corrected chi connectivity index (χ1v) is 10.4. The summed E-state index contributed by atoms with van der Waals surface area (Å²) in [5.74, 6) is 0.716. The average Bonchev–Trinajstić information content (AvgIpc) is 2.94. The van der Waals surface area contributed by atoms with Crippen LogP contribution in [0.25, 0.3) is 0 Å². The molecule has 0 unspecified atom stereocenters. The third kappa shape index (κ3) is 2.97. The summed E-state index contributed by atoms with van der Waals surface area (Å²) in [6.07, 6.45) is 1.20. The lowest BCUT2D eigenvalue weighted by Gasteiger charge is -2.37. The number of likely N-dealkylation sites (tertiary alicyclic amines) is 1. The van der Waals surface area contributed by atoms with E-state index in [2.05, 4.69) is 53.5 Å². The van der Waals surface area contributed by atoms with Crippen molar-refractivity contribution in [2.24, 2.45) is 5.92 Å². The molecule has 136 valence electrons. The predicted octanol–water partition coefficient (Wildman–Crippen LogP) is 4.87. The number of nitrogens with zero attached hydrogens (tertiary/aromatic N) is 1. The van der Waals surface area contributed by atoms with Gasteiger partial charge in [-0.2, -0.15) is 0 Å². The molecule has 1 saturated heterocycles. The molecule has 0 bridgehead atoms. The maximum Gasteiger partial charge on any atom is 0.335 e. The molecule has 0 radical (unpaired) electrons. The minimum atomic E-state index is -0.858. The number of aromatic carboxylic acids is 1. The molecule has 0 amide bonds. The Morgan fingerprint density at radius 2 is 1.96 bits per heavy atom. The van der Waals surface area contributed by atoms with E-state index in [4.69, 9.17) is 0 Å². The highest BCUT2D eigenvalue weighted by molar-refractivity contribution is 14.1. The number of carbonyl (C=O) groups is 1. The molecule has 0 aromatic heterocycles. The number of fused-ring (bicyclic) bond motifs is 3. The van der Waals surface area contributed by atoms with Crippen molar-refractivity contribution in [3.63, 3.8) is 0 Å². The summed E-state index contributed by atoms with van der Waals surface area (Å²) in [6.45, 7) is 7.84. The van der Waals surface area contributed by atoms with Gasteiger partial charge >= 0.3 is 5.97 Å². The van der Waals surface area contributed by atoms with Gasteiger partial charge in [-0.1, -0.05) is 25.1 Å². The minimum Gasteiger partial charge on any atom is -0.478 e. The molecule has 1 fully saturated rings. The van der Waals surface area contributed by atoms with Crippen LogP contribution in [0.1, 0.15) is 57.8 Å². The lowest BCUT2D eigenvalue weighted by Crippen LogP contribution is -2.38. The molecule has 4 rings (SSSR count). The quantitative estimate of drug-likeness (QED) is 0.664. The van der Waals surface area contributed by atoms with Gasteiger partial charge in [0.2, 0.25) is 0 Å². The fraction of sp³-hybridized carbons (Fsp3) is 0.409. The van der Waals surface area contributed by atoms with E-state index in [0.717, 1.165) is 19.6 Å². The van der Waals surface area contributed by atoms with E-state index in [-0.39, 0.29) is 0 Å². The molecule has 0 spiro atoms. The van der Waals surface area contributed by atoms with Crippen molar-refractivity contribution in [3.8, 4) is 0 Å². The number of hydrogen-bond donors (Lipinski definition) is 1. The van der Waals surface area contributed by atoms with Gasteiger partial charge < -0.3 is 10.0 Å². The van der Waals surface area contributed by atoms with Crippen molar-refractivity contribution >= 4 is 28.6 Å². The number of rotatable bonds is 3. The predicted molar refractivity (Wildman–Crippen MR) is 112 cm³/mol. The molecule has 1 aliphatic heterocycles. The maximum atomic E-state index is 11.2. The monoisotopic (exact) mass is 461 g/mol. The highest BCUT2D eigenvalue weighted by Crippen LogP contribution is 2.53. The zero-order valence-corrected chi connectivity index (χ0v) is 17.4. The van der Waals surface area contributed by atoms with Crippen molar-refractivity contribution in [3.05, 3.63) is 67.8 Å². The highest BCUT2D eigenvalue weighted by atomic mass is 127. The zero-order valence-electron chi connectivity index (χ0n) is 15.2. The van der Waals surface area contributed by atoms with Crippen molar-refractivity contribution in [1.29, 1.82) is 0 Å². The number of halogens is 1. The molecule has 4 heteroatoms. The van der Waals surface area contributed by atoms with Gasteiger partial charge in [-0.3, -0.25) is 0 Å². The number of likely N-dealkylation sites (N-methyl/N-ethyl adjacent to an activating group) is 1. The summed E-state index contributed by atoms with van der Waals surface area (Å²) in [6, 6.07) is 12.3. The van der Waals surface area contributed by atoms with Crippen LogP contribution >= 0.6 is 22.6 Å². The molecule has 3 nitrogen and oxygen atoms in total. The van der Waals surface area contributed by atoms with Gasteiger partial charge in [0.1, 0.15) is 0 Å². The summed E-state index contributed by atoms with van der Waals surface area (Å²) < 4.78 is 1.34. The molecule has 26 heavy (non-hydrogen) atoms. The first-order valence-electron chi connectivity index (χ1n) is 9.35. The van der Waals surface area contributed by atoms with Gasteiger partial charge in [-0.15, -0.1) is 0 Å². The summed E-state index contributed by atoms with van der Waals surface area (Å²) in [7, 11) is 0. The van der Waals surface area contributed by atoms with E-state index >= 15 is 0 Å². The summed E-state index contributed by atoms with van der Waals surface area (Å²) in [5.41, 5.74) is 5.93. The Labute approximate surface area is 168 Å². The number of aryl methyl sites for hydroxylation is 1. The van der Waals surface area contributed by atoms with Crippen LogP contribution in [-0.4, -0.2) is 35.6 Å². The number of carboxylic acid groups (broad SMARTS) is 1. The second-order valence-electron chi connectivity index (χ2n) is 7.59. The van der Waals surface area contributed by atoms with Crippen LogP contribution in [-0.2, 0) is 0 Å². The zero-order chi connectivity index (χ0) is 18.4. The second kappa shape index (κ2) is 6.97. The Balaban J connectivity index is 1.79. The molecule has 1 aliphatic carbocycles. The van der Waals surface area contributed by atoms with Gasteiger partial charge in [-0.05, 0) is 95.4 Å². The molecule has 1 heterocycles. The van der Waals surface area contributed by atoms with Gasteiger partial charge in [-0.25, -0.2) is 4.79 Å². The number of hydrogen-bond acceptors (Lipinski definition) is 2. The fourth-order valence-corrected chi connectivity index (χ4v) is 5.34. The molecule has 2 aromatic carbocycles. The topological polar surface area (TPSA) is 40.5 Å². The van der Waals surface area contributed by atoms with E-state index in [0.29, 0.717) is 23.3 Å². The minimum absolute atomic E-state index is 0.364. The Morgan fingerprint density at radius 3 is 2.62 bits per heavy atom. The number of carboxylic acids is 1. The first-order chi connectivity index (χ1) is 12.5. The molecule has 0 saturated carbocycles. The van der Waals surface area contributed by atoms with E-state index in [9.17, 15) is 9.90 Å².